The van der Waals surface area contributed by atoms with Crippen molar-refractivity contribution < 1.29 is 29.1 Å². The smallest absolute Gasteiger partial charge is 0.499 e. The Morgan fingerprint density at radius 1 is 1.19 bits per heavy atom. The molecule has 1 N–H and O–H groups in total. The molecule has 174 valence electrons. The maximum atomic E-state index is 12.5. The van der Waals surface area contributed by atoms with Crippen molar-refractivity contribution in [3.8, 4) is 17.6 Å². The number of rotatable bonds is 11. The molecule has 1 aromatic rings. The van der Waals surface area contributed by atoms with Gasteiger partial charge in [0, 0.05) is 25.7 Å². The summed E-state index contributed by atoms with van der Waals surface area (Å²) in [5.74, 6) is -1.95. The van der Waals surface area contributed by atoms with Gasteiger partial charge in [-0.3, -0.25) is 14.9 Å². The van der Waals surface area contributed by atoms with Gasteiger partial charge < -0.3 is 24.4 Å². The second-order valence-electron chi connectivity index (χ2n) is 6.52. The summed E-state index contributed by atoms with van der Waals surface area (Å²) in [6.45, 7) is 10.2. The number of phenols is 1. The van der Waals surface area contributed by atoms with Gasteiger partial charge in [0.15, 0.2) is 5.75 Å². The highest BCUT2D eigenvalue weighted by atomic mass is 16.7. The van der Waals surface area contributed by atoms with Gasteiger partial charge in [0.25, 0.3) is 5.91 Å². The number of benzene rings is 1. The molecule has 11 heteroatoms. The van der Waals surface area contributed by atoms with Gasteiger partial charge in [-0.2, -0.15) is 5.26 Å². The molecule has 0 heterocycles. The predicted molar refractivity (Wildman–Crippen MR) is 116 cm³/mol. The number of nitro benzene ring substituents is 1. The van der Waals surface area contributed by atoms with Gasteiger partial charge in [0.1, 0.15) is 18.2 Å². The predicted octanol–water partition coefficient (Wildman–Crippen LogP) is 2.93. The number of carbonyl (C=O) groups is 2. The summed E-state index contributed by atoms with van der Waals surface area (Å²) < 4.78 is 9.91. The fourth-order valence-corrected chi connectivity index (χ4v) is 2.82. The molecule has 0 aromatic heterocycles. The molecule has 0 aliphatic heterocycles. The first kappa shape index (κ1) is 26.4. The van der Waals surface area contributed by atoms with Gasteiger partial charge >= 0.3 is 11.8 Å². The lowest BCUT2D eigenvalue weighted by molar-refractivity contribution is -0.385. The molecule has 1 rings (SSSR count). The first-order valence-corrected chi connectivity index (χ1v) is 10.2. The van der Waals surface area contributed by atoms with E-state index in [1.807, 2.05) is 18.7 Å². The van der Waals surface area contributed by atoms with E-state index in [4.69, 9.17) is 9.47 Å². The lowest BCUT2D eigenvalue weighted by Gasteiger charge is -2.18. The monoisotopic (exact) mass is 448 g/mol. The van der Waals surface area contributed by atoms with Crippen LogP contribution in [0.2, 0.25) is 0 Å². The van der Waals surface area contributed by atoms with Gasteiger partial charge in [-0.1, -0.05) is 13.8 Å². The lowest BCUT2D eigenvalue weighted by Crippen LogP contribution is -2.31. The van der Waals surface area contributed by atoms with Crippen molar-refractivity contribution in [3.63, 3.8) is 0 Å². The molecular weight excluding hydrogens is 420 g/mol. The zero-order valence-corrected chi connectivity index (χ0v) is 18.7. The Kier molecular flexibility index (Phi) is 10.6. The van der Waals surface area contributed by atoms with E-state index in [9.17, 15) is 30.1 Å². The van der Waals surface area contributed by atoms with Gasteiger partial charge in [0.2, 0.25) is 5.75 Å². The van der Waals surface area contributed by atoms with Crippen molar-refractivity contribution in [2.75, 3.05) is 39.3 Å². The van der Waals surface area contributed by atoms with E-state index in [1.165, 1.54) is 4.90 Å². The number of amides is 1. The molecule has 0 atom stereocenters. The van der Waals surface area contributed by atoms with Gasteiger partial charge in [0.05, 0.1) is 4.92 Å². The molecule has 0 saturated heterocycles. The van der Waals surface area contributed by atoms with Crippen LogP contribution in [0.25, 0.3) is 6.08 Å². The lowest BCUT2D eigenvalue weighted by atomic mass is 10.1. The molecule has 0 radical (unpaired) electrons. The van der Waals surface area contributed by atoms with E-state index >= 15 is 0 Å². The topological polar surface area (TPSA) is 146 Å². The van der Waals surface area contributed by atoms with E-state index in [0.717, 1.165) is 31.3 Å². The Hall–Kier alpha value is -3.65. The van der Waals surface area contributed by atoms with Crippen LogP contribution in [0.15, 0.2) is 17.7 Å². The number of nitrogens with zero attached hydrogens (tertiary/aromatic N) is 4. The summed E-state index contributed by atoms with van der Waals surface area (Å²) in [5, 5.41) is 30.8. The van der Waals surface area contributed by atoms with Crippen LogP contribution in [0.5, 0.6) is 11.5 Å². The van der Waals surface area contributed by atoms with Gasteiger partial charge in [-0.15, -0.1) is 0 Å². The van der Waals surface area contributed by atoms with Gasteiger partial charge in [-0.25, -0.2) is 4.79 Å². The number of ether oxygens (including phenoxy) is 2. The molecule has 0 bridgehead atoms. The molecule has 1 aromatic carbocycles. The van der Waals surface area contributed by atoms with Crippen molar-refractivity contribution in [3.05, 3.63) is 33.4 Å². The molecule has 11 nitrogen and oxygen atoms in total. The molecule has 0 aliphatic rings. The van der Waals surface area contributed by atoms with Crippen molar-refractivity contribution in [2.24, 2.45) is 0 Å². The number of nitriles is 1. The third-order valence-electron chi connectivity index (χ3n) is 4.70. The molecule has 1 amide bonds. The third kappa shape index (κ3) is 7.24. The summed E-state index contributed by atoms with van der Waals surface area (Å²) in [6, 6.07) is 3.86. The third-order valence-corrected chi connectivity index (χ3v) is 4.70. The minimum atomic E-state index is -1.15. The van der Waals surface area contributed by atoms with E-state index in [2.05, 4.69) is 0 Å². The van der Waals surface area contributed by atoms with E-state index in [-0.39, 0.29) is 17.7 Å². The quantitative estimate of drug-likeness (QED) is 0.135. The maximum Gasteiger partial charge on any atom is 0.514 e. The molecule has 32 heavy (non-hydrogen) atoms. The SMILES string of the molecule is CCN(CC)CCOC(=O)Oc1cc(C=C(C#N)C(=O)N(CC)CC)cc([N+](=O)[O-])c1O. The number of hydrogen-bond acceptors (Lipinski definition) is 9. The Morgan fingerprint density at radius 2 is 1.81 bits per heavy atom. The second kappa shape index (κ2) is 12.9. The summed E-state index contributed by atoms with van der Waals surface area (Å²) in [4.78, 5) is 38.3. The molecule has 0 unspecified atom stereocenters. The van der Waals surface area contributed by atoms with Crippen molar-refractivity contribution in [1.29, 1.82) is 5.26 Å². The molecule has 0 saturated carbocycles. The standard InChI is InChI=1S/C21H28N4O7/c1-5-23(6-2)9-10-31-21(28)32-18-13-15(12-17(19(18)26)25(29)30)11-16(14-22)20(27)24(7-3)8-4/h11-13,26H,5-10H2,1-4H3. The average Bonchev–Trinajstić information content (AvgIpc) is 2.77. The van der Waals surface area contributed by atoms with Crippen molar-refractivity contribution in [1.82, 2.24) is 9.80 Å². The summed E-state index contributed by atoms with van der Waals surface area (Å²) >= 11 is 0. The molecule has 0 fully saturated rings. The van der Waals surface area contributed by atoms with E-state index in [1.54, 1.807) is 19.9 Å². The zero-order chi connectivity index (χ0) is 24.3. The maximum absolute atomic E-state index is 12.5. The highest BCUT2D eigenvalue weighted by Crippen LogP contribution is 2.38. The summed E-state index contributed by atoms with van der Waals surface area (Å²) in [6.07, 6.45) is -0.0197. The van der Waals surface area contributed by atoms with Crippen LogP contribution in [0.4, 0.5) is 10.5 Å². The number of phenolic OH excluding ortho intramolecular Hbond substituents is 1. The van der Waals surface area contributed by atoms with Crippen LogP contribution < -0.4 is 4.74 Å². The van der Waals surface area contributed by atoms with Crippen molar-refractivity contribution >= 4 is 23.8 Å². The number of aromatic hydroxyl groups is 1. The van der Waals surface area contributed by atoms with Crippen LogP contribution in [0, 0.1) is 21.4 Å². The fraction of sp³-hybridized carbons (Fsp3) is 0.476. The average molecular weight is 448 g/mol. The normalized spacial score (nSPS) is 11.1. The van der Waals surface area contributed by atoms with Crippen molar-refractivity contribution in [2.45, 2.75) is 27.7 Å². The Labute approximate surface area is 186 Å². The summed E-state index contributed by atoms with van der Waals surface area (Å²) in [5.41, 5.74) is -0.990. The summed E-state index contributed by atoms with van der Waals surface area (Å²) in [7, 11) is 0. The van der Waals surface area contributed by atoms with Crippen LogP contribution in [0.1, 0.15) is 33.3 Å². The molecule has 0 aliphatic carbocycles. The highest BCUT2D eigenvalue weighted by molar-refractivity contribution is 6.01. The first-order valence-electron chi connectivity index (χ1n) is 10.2. The van der Waals surface area contributed by atoms with E-state index < -0.39 is 34.2 Å². The fourth-order valence-electron chi connectivity index (χ4n) is 2.82. The largest absolute Gasteiger partial charge is 0.514 e. The first-order chi connectivity index (χ1) is 15.2. The highest BCUT2D eigenvalue weighted by Gasteiger charge is 2.23. The van der Waals surface area contributed by atoms with Crippen LogP contribution in [-0.4, -0.2) is 71.2 Å². The number of likely N-dealkylation sites (N-methyl/N-ethyl adjacent to an activating group) is 2. The zero-order valence-electron chi connectivity index (χ0n) is 18.7. The van der Waals surface area contributed by atoms with E-state index in [0.29, 0.717) is 19.6 Å². The minimum Gasteiger partial charge on any atom is -0.499 e. The molecular formula is C21H28N4O7. The number of carbonyl (C=O) groups excluding carboxylic acids is 2. The van der Waals surface area contributed by atoms with Gasteiger partial charge in [-0.05, 0) is 44.6 Å². The van der Waals surface area contributed by atoms with Crippen LogP contribution in [-0.2, 0) is 9.53 Å². The van der Waals surface area contributed by atoms with Crippen LogP contribution >= 0.6 is 0 Å². The molecule has 0 spiro atoms. The Balaban J connectivity index is 3.19. The minimum absolute atomic E-state index is 0.0255. The Bertz CT molecular complexity index is 900. The second-order valence-corrected chi connectivity index (χ2v) is 6.52. The number of nitro groups is 1. The van der Waals surface area contributed by atoms with Crippen LogP contribution in [0.3, 0.4) is 0 Å². The number of hydrogen-bond donors (Lipinski definition) is 1. The Morgan fingerprint density at radius 3 is 2.31 bits per heavy atom.